The van der Waals surface area contributed by atoms with Crippen molar-refractivity contribution in [3.8, 4) is 0 Å². The first-order valence-corrected chi connectivity index (χ1v) is 7.96. The van der Waals surface area contributed by atoms with Gasteiger partial charge in [-0.1, -0.05) is 0 Å². The van der Waals surface area contributed by atoms with Crippen LogP contribution in [0, 0.1) is 12.8 Å². The van der Waals surface area contributed by atoms with Gasteiger partial charge in [-0.3, -0.25) is 4.79 Å². The van der Waals surface area contributed by atoms with E-state index in [4.69, 9.17) is 0 Å². The summed E-state index contributed by atoms with van der Waals surface area (Å²) in [6.45, 7) is 2.79. The van der Waals surface area contributed by atoms with E-state index in [-0.39, 0.29) is 12.3 Å². The molecular formula is C11H14FNO3S2. The predicted octanol–water partition coefficient (Wildman–Crippen LogP) is 1.70. The van der Waals surface area contributed by atoms with Gasteiger partial charge in [0.25, 0.3) is 0 Å². The molecule has 1 atom stereocenters. The Balaban J connectivity index is 1.97. The third-order valence-corrected chi connectivity index (χ3v) is 4.73. The van der Waals surface area contributed by atoms with Gasteiger partial charge in [0.2, 0.25) is 5.91 Å². The van der Waals surface area contributed by atoms with Crippen LogP contribution in [-0.2, 0) is 21.6 Å². The maximum atomic E-state index is 12.6. The van der Waals surface area contributed by atoms with Crippen molar-refractivity contribution in [3.05, 3.63) is 21.9 Å². The van der Waals surface area contributed by atoms with Crippen LogP contribution in [0.15, 0.2) is 12.1 Å². The van der Waals surface area contributed by atoms with E-state index < -0.39 is 21.9 Å². The van der Waals surface area contributed by atoms with Crippen molar-refractivity contribution < 1.29 is 17.1 Å². The average Bonchev–Trinajstić information content (AvgIpc) is 2.73. The highest BCUT2D eigenvalue weighted by molar-refractivity contribution is 7.86. The number of carbonyl (C=O) groups is 1. The van der Waals surface area contributed by atoms with Crippen LogP contribution in [0.2, 0.25) is 0 Å². The highest BCUT2D eigenvalue weighted by Gasteiger charge is 2.32. The van der Waals surface area contributed by atoms with Gasteiger partial charge in [-0.25, -0.2) is 0 Å². The molecule has 1 unspecified atom stereocenters. The molecule has 1 aliphatic rings. The SMILES string of the molecule is Cc1ccc(CN2CC(CS(=O)(=O)F)CC2=O)s1. The minimum absolute atomic E-state index is 0.102. The number of aryl methyl sites for hydroxylation is 1. The molecule has 18 heavy (non-hydrogen) atoms. The number of nitrogens with zero attached hydrogens (tertiary/aromatic N) is 1. The molecule has 1 aromatic heterocycles. The van der Waals surface area contributed by atoms with E-state index in [1.165, 1.54) is 4.88 Å². The standard InChI is InChI=1S/C11H14FNO3S2/c1-8-2-3-10(17-8)6-13-5-9(4-11(13)14)7-18(12,15)16/h2-3,9H,4-7H2,1H3. The molecule has 1 fully saturated rings. The summed E-state index contributed by atoms with van der Waals surface area (Å²) in [5.74, 6) is -1.08. The van der Waals surface area contributed by atoms with Gasteiger partial charge in [-0.05, 0) is 19.1 Å². The largest absolute Gasteiger partial charge is 0.337 e. The quantitative estimate of drug-likeness (QED) is 0.794. The van der Waals surface area contributed by atoms with Gasteiger partial charge < -0.3 is 4.90 Å². The summed E-state index contributed by atoms with van der Waals surface area (Å²) >= 11 is 1.60. The molecule has 1 amide bonds. The fraction of sp³-hybridized carbons (Fsp3) is 0.545. The summed E-state index contributed by atoms with van der Waals surface area (Å²) in [6.07, 6.45) is 0.119. The summed E-state index contributed by atoms with van der Waals surface area (Å²) < 4.78 is 33.7. The number of carbonyl (C=O) groups excluding carboxylic acids is 1. The maximum Gasteiger partial charge on any atom is 0.302 e. The average molecular weight is 291 g/mol. The lowest BCUT2D eigenvalue weighted by Gasteiger charge is -2.14. The molecule has 0 spiro atoms. The molecule has 1 aromatic rings. The Morgan fingerprint density at radius 3 is 2.78 bits per heavy atom. The van der Waals surface area contributed by atoms with Crippen LogP contribution in [0.5, 0.6) is 0 Å². The molecule has 1 aliphatic heterocycles. The first-order valence-electron chi connectivity index (χ1n) is 5.59. The lowest BCUT2D eigenvalue weighted by molar-refractivity contribution is -0.128. The van der Waals surface area contributed by atoms with E-state index in [9.17, 15) is 17.1 Å². The van der Waals surface area contributed by atoms with Crippen LogP contribution in [0.4, 0.5) is 3.89 Å². The van der Waals surface area contributed by atoms with E-state index >= 15 is 0 Å². The van der Waals surface area contributed by atoms with Crippen molar-refractivity contribution in [1.29, 1.82) is 0 Å². The van der Waals surface area contributed by atoms with E-state index in [2.05, 4.69) is 0 Å². The Bertz CT molecular complexity index is 552. The highest BCUT2D eigenvalue weighted by atomic mass is 32.3. The molecule has 1 saturated heterocycles. The first-order chi connectivity index (χ1) is 8.33. The van der Waals surface area contributed by atoms with E-state index in [1.54, 1.807) is 16.2 Å². The highest BCUT2D eigenvalue weighted by Crippen LogP contribution is 2.24. The molecule has 0 aromatic carbocycles. The minimum Gasteiger partial charge on any atom is -0.337 e. The summed E-state index contributed by atoms with van der Waals surface area (Å²) in [5, 5.41) is 0. The van der Waals surface area contributed by atoms with Crippen molar-refractivity contribution in [2.75, 3.05) is 12.3 Å². The number of hydrogen-bond donors (Lipinski definition) is 0. The second-order valence-corrected chi connectivity index (χ2v) is 7.35. The zero-order valence-electron chi connectivity index (χ0n) is 9.93. The summed E-state index contributed by atoms with van der Waals surface area (Å²) in [7, 11) is -4.50. The molecule has 100 valence electrons. The number of amides is 1. The van der Waals surface area contributed by atoms with E-state index in [0.29, 0.717) is 13.1 Å². The molecule has 4 nitrogen and oxygen atoms in total. The monoisotopic (exact) mass is 291 g/mol. The van der Waals surface area contributed by atoms with Crippen LogP contribution >= 0.6 is 11.3 Å². The smallest absolute Gasteiger partial charge is 0.302 e. The van der Waals surface area contributed by atoms with E-state index in [0.717, 1.165) is 4.88 Å². The molecule has 0 saturated carbocycles. The molecule has 2 rings (SSSR count). The summed E-state index contributed by atoms with van der Waals surface area (Å²) in [4.78, 5) is 15.5. The molecular weight excluding hydrogens is 277 g/mol. The Hall–Kier alpha value is -0.950. The molecule has 0 N–H and O–H groups in total. The Morgan fingerprint density at radius 1 is 1.50 bits per heavy atom. The summed E-state index contributed by atoms with van der Waals surface area (Å²) in [5.41, 5.74) is 0. The van der Waals surface area contributed by atoms with Crippen LogP contribution in [0.3, 0.4) is 0 Å². The van der Waals surface area contributed by atoms with Crippen molar-refractivity contribution in [2.24, 2.45) is 5.92 Å². The number of hydrogen-bond acceptors (Lipinski definition) is 4. The Kier molecular flexibility index (Phi) is 3.72. The van der Waals surface area contributed by atoms with Gasteiger partial charge in [0.05, 0.1) is 12.3 Å². The van der Waals surface area contributed by atoms with Gasteiger partial charge in [-0.2, -0.15) is 8.42 Å². The molecule has 2 heterocycles. The normalized spacial score (nSPS) is 20.7. The van der Waals surface area contributed by atoms with Crippen molar-refractivity contribution in [1.82, 2.24) is 4.90 Å². The van der Waals surface area contributed by atoms with Gasteiger partial charge in [0.1, 0.15) is 0 Å². The third-order valence-electron chi connectivity index (χ3n) is 2.87. The molecule has 7 heteroatoms. The van der Waals surface area contributed by atoms with Crippen LogP contribution in [0.25, 0.3) is 0 Å². The number of likely N-dealkylation sites (tertiary alicyclic amines) is 1. The predicted molar refractivity (Wildman–Crippen MR) is 67.5 cm³/mol. The zero-order valence-corrected chi connectivity index (χ0v) is 11.6. The Labute approximate surface area is 110 Å². The first kappa shape index (κ1) is 13.5. The summed E-state index contributed by atoms with van der Waals surface area (Å²) in [6, 6.07) is 3.93. The van der Waals surface area contributed by atoms with Crippen molar-refractivity contribution >= 4 is 27.5 Å². The lowest BCUT2D eigenvalue weighted by Crippen LogP contribution is -2.24. The number of thiophene rings is 1. The maximum absolute atomic E-state index is 12.6. The molecule has 0 radical (unpaired) electrons. The van der Waals surface area contributed by atoms with Crippen LogP contribution < -0.4 is 0 Å². The Morgan fingerprint density at radius 2 is 2.22 bits per heavy atom. The van der Waals surface area contributed by atoms with Crippen molar-refractivity contribution in [3.63, 3.8) is 0 Å². The number of halogens is 1. The lowest BCUT2D eigenvalue weighted by atomic mass is 10.1. The molecule has 0 aliphatic carbocycles. The second kappa shape index (κ2) is 4.97. The minimum atomic E-state index is -4.50. The second-order valence-electron chi connectivity index (χ2n) is 4.56. The third kappa shape index (κ3) is 3.52. The number of rotatable bonds is 4. The topological polar surface area (TPSA) is 54.5 Å². The van der Waals surface area contributed by atoms with Crippen LogP contribution in [0.1, 0.15) is 16.2 Å². The molecule has 0 bridgehead atoms. The van der Waals surface area contributed by atoms with Gasteiger partial charge >= 0.3 is 10.2 Å². The fourth-order valence-electron chi connectivity index (χ4n) is 2.16. The fourth-order valence-corrected chi connectivity index (χ4v) is 3.85. The van der Waals surface area contributed by atoms with Gasteiger partial charge in [0, 0.05) is 28.6 Å². The van der Waals surface area contributed by atoms with Gasteiger partial charge in [-0.15, -0.1) is 15.2 Å². The van der Waals surface area contributed by atoms with Gasteiger partial charge in [0.15, 0.2) is 0 Å². The van der Waals surface area contributed by atoms with Crippen LogP contribution in [-0.4, -0.2) is 31.5 Å². The van der Waals surface area contributed by atoms with E-state index in [1.807, 2.05) is 19.1 Å². The van der Waals surface area contributed by atoms with Crippen molar-refractivity contribution in [2.45, 2.75) is 19.9 Å². The zero-order chi connectivity index (χ0) is 13.3.